The summed E-state index contributed by atoms with van der Waals surface area (Å²) < 4.78 is 0. The van der Waals surface area contributed by atoms with Gasteiger partial charge in [-0.1, -0.05) is 41.4 Å². The highest BCUT2D eigenvalue weighted by atomic mass is 35.5. The van der Waals surface area contributed by atoms with Crippen LogP contribution in [-0.2, 0) is 0 Å². The summed E-state index contributed by atoms with van der Waals surface area (Å²) in [5.74, 6) is -0.245. The number of amides is 1. The lowest BCUT2D eigenvalue weighted by Gasteiger charge is -2.08. The van der Waals surface area contributed by atoms with Crippen molar-refractivity contribution in [2.45, 2.75) is 0 Å². The zero-order chi connectivity index (χ0) is 17.6. The molecule has 25 heavy (non-hydrogen) atoms. The van der Waals surface area contributed by atoms with E-state index in [0.717, 1.165) is 0 Å². The minimum Gasteiger partial charge on any atom is -0.320 e. The first-order valence-electron chi connectivity index (χ1n) is 7.45. The number of halogens is 2. The summed E-state index contributed by atoms with van der Waals surface area (Å²) in [4.78, 5) is 12.3. The molecule has 3 rings (SSSR count). The molecule has 0 aromatic heterocycles. The van der Waals surface area contributed by atoms with Crippen molar-refractivity contribution in [1.29, 1.82) is 0 Å². The Morgan fingerprint density at radius 3 is 2.20 bits per heavy atom. The third-order valence-corrected chi connectivity index (χ3v) is 3.83. The third-order valence-electron chi connectivity index (χ3n) is 3.34. The molecular weight excluding hydrogens is 357 g/mol. The fourth-order valence-electron chi connectivity index (χ4n) is 2.10. The minimum atomic E-state index is -0.245. The van der Waals surface area contributed by atoms with E-state index < -0.39 is 0 Å². The molecule has 0 heterocycles. The zero-order valence-corrected chi connectivity index (χ0v) is 14.5. The SMILES string of the molecule is O=C(Nc1cc(Cl)ccc1N=Nc1ccc(Cl)cc1)c1ccccc1. The molecule has 6 heteroatoms. The Balaban J connectivity index is 1.85. The number of benzene rings is 3. The van der Waals surface area contributed by atoms with E-state index >= 15 is 0 Å². The molecule has 4 nitrogen and oxygen atoms in total. The van der Waals surface area contributed by atoms with Crippen LogP contribution in [-0.4, -0.2) is 5.91 Å². The second-order valence-electron chi connectivity index (χ2n) is 5.16. The maximum atomic E-state index is 12.3. The van der Waals surface area contributed by atoms with Crippen molar-refractivity contribution < 1.29 is 4.79 Å². The first-order valence-corrected chi connectivity index (χ1v) is 8.21. The van der Waals surface area contributed by atoms with Gasteiger partial charge < -0.3 is 5.32 Å². The number of anilines is 1. The quantitative estimate of drug-likeness (QED) is 0.513. The highest BCUT2D eigenvalue weighted by molar-refractivity contribution is 6.31. The smallest absolute Gasteiger partial charge is 0.255 e. The number of carbonyl (C=O) groups is 1. The summed E-state index contributed by atoms with van der Waals surface area (Å²) >= 11 is 11.9. The van der Waals surface area contributed by atoms with Crippen LogP contribution in [0.15, 0.2) is 83.0 Å². The van der Waals surface area contributed by atoms with Crippen LogP contribution in [0.2, 0.25) is 10.0 Å². The van der Waals surface area contributed by atoms with E-state index in [1.54, 1.807) is 66.7 Å². The van der Waals surface area contributed by atoms with Crippen molar-refractivity contribution in [2.24, 2.45) is 10.2 Å². The molecule has 0 aliphatic rings. The number of hydrogen-bond acceptors (Lipinski definition) is 3. The number of carbonyl (C=O) groups excluding carboxylic acids is 1. The molecule has 0 saturated carbocycles. The second-order valence-corrected chi connectivity index (χ2v) is 6.03. The van der Waals surface area contributed by atoms with Gasteiger partial charge in [0, 0.05) is 15.6 Å². The van der Waals surface area contributed by atoms with Gasteiger partial charge in [0.25, 0.3) is 5.91 Å². The van der Waals surface area contributed by atoms with Crippen LogP contribution >= 0.6 is 23.2 Å². The van der Waals surface area contributed by atoms with Crippen LogP contribution in [0.1, 0.15) is 10.4 Å². The lowest BCUT2D eigenvalue weighted by molar-refractivity contribution is 0.102. The van der Waals surface area contributed by atoms with Gasteiger partial charge >= 0.3 is 0 Å². The van der Waals surface area contributed by atoms with Gasteiger partial charge in [0.2, 0.25) is 0 Å². The molecule has 0 saturated heterocycles. The number of nitrogens with zero attached hydrogens (tertiary/aromatic N) is 2. The van der Waals surface area contributed by atoms with Crippen molar-refractivity contribution >= 4 is 46.2 Å². The van der Waals surface area contributed by atoms with Crippen LogP contribution in [0.25, 0.3) is 0 Å². The van der Waals surface area contributed by atoms with Crippen LogP contribution in [0.3, 0.4) is 0 Å². The number of rotatable bonds is 4. The molecule has 0 unspecified atom stereocenters. The third kappa shape index (κ3) is 4.66. The van der Waals surface area contributed by atoms with Crippen LogP contribution < -0.4 is 5.32 Å². The minimum absolute atomic E-state index is 0.245. The molecule has 1 amide bonds. The second kappa shape index (κ2) is 7.92. The molecule has 124 valence electrons. The summed E-state index contributed by atoms with van der Waals surface area (Å²) in [5.41, 5.74) is 2.19. The Morgan fingerprint density at radius 1 is 0.800 bits per heavy atom. The topological polar surface area (TPSA) is 53.8 Å². The highest BCUT2D eigenvalue weighted by Crippen LogP contribution is 2.30. The van der Waals surface area contributed by atoms with Gasteiger partial charge in [0.05, 0.1) is 11.4 Å². The fourth-order valence-corrected chi connectivity index (χ4v) is 2.40. The van der Waals surface area contributed by atoms with E-state index in [0.29, 0.717) is 32.7 Å². The first kappa shape index (κ1) is 17.1. The Morgan fingerprint density at radius 2 is 1.48 bits per heavy atom. The Hall–Kier alpha value is -2.69. The van der Waals surface area contributed by atoms with Crippen LogP contribution in [0, 0.1) is 0 Å². The number of hydrogen-bond donors (Lipinski definition) is 1. The van der Waals surface area contributed by atoms with Crippen LogP contribution in [0.5, 0.6) is 0 Å². The van der Waals surface area contributed by atoms with E-state index in [1.165, 1.54) is 0 Å². The van der Waals surface area contributed by atoms with Gasteiger partial charge in [-0.15, -0.1) is 5.11 Å². The summed E-state index contributed by atoms with van der Waals surface area (Å²) in [6.45, 7) is 0. The molecule has 1 N–H and O–H groups in total. The maximum Gasteiger partial charge on any atom is 0.255 e. The van der Waals surface area contributed by atoms with E-state index in [-0.39, 0.29) is 5.91 Å². The first-order chi connectivity index (χ1) is 12.1. The molecule has 0 spiro atoms. The van der Waals surface area contributed by atoms with E-state index in [1.807, 2.05) is 6.07 Å². The average Bonchev–Trinajstić information content (AvgIpc) is 2.63. The number of azo groups is 1. The van der Waals surface area contributed by atoms with E-state index in [4.69, 9.17) is 23.2 Å². The molecule has 0 radical (unpaired) electrons. The van der Waals surface area contributed by atoms with Crippen molar-refractivity contribution in [1.82, 2.24) is 0 Å². The fraction of sp³-hybridized carbons (Fsp3) is 0. The maximum absolute atomic E-state index is 12.3. The standard InChI is InChI=1S/C19H13Cl2N3O/c20-14-6-9-16(10-7-14)23-24-17-11-8-15(21)12-18(17)22-19(25)13-4-2-1-3-5-13/h1-12H,(H,22,25). The molecule has 0 atom stereocenters. The van der Waals surface area contributed by atoms with Crippen molar-refractivity contribution in [3.05, 3.63) is 88.4 Å². The highest BCUT2D eigenvalue weighted by Gasteiger charge is 2.09. The van der Waals surface area contributed by atoms with Gasteiger partial charge in [0.1, 0.15) is 5.69 Å². The lowest BCUT2D eigenvalue weighted by Crippen LogP contribution is -2.11. The summed E-state index contributed by atoms with van der Waals surface area (Å²) in [6.07, 6.45) is 0. The molecule has 3 aromatic carbocycles. The average molecular weight is 370 g/mol. The number of nitrogens with one attached hydrogen (secondary N) is 1. The molecular formula is C19H13Cl2N3O. The van der Waals surface area contributed by atoms with Crippen LogP contribution in [0.4, 0.5) is 17.1 Å². The predicted molar refractivity (Wildman–Crippen MR) is 101 cm³/mol. The predicted octanol–water partition coefficient (Wildman–Crippen LogP) is 6.66. The van der Waals surface area contributed by atoms with E-state index in [9.17, 15) is 4.79 Å². The Kier molecular flexibility index (Phi) is 5.43. The van der Waals surface area contributed by atoms with Gasteiger partial charge in [-0.2, -0.15) is 5.11 Å². The largest absolute Gasteiger partial charge is 0.320 e. The normalized spacial score (nSPS) is 10.8. The van der Waals surface area contributed by atoms with Gasteiger partial charge in [-0.05, 0) is 54.6 Å². The van der Waals surface area contributed by atoms with Gasteiger partial charge in [0.15, 0.2) is 0 Å². The zero-order valence-electron chi connectivity index (χ0n) is 13.0. The molecule has 0 fully saturated rings. The molecule has 0 bridgehead atoms. The van der Waals surface area contributed by atoms with Gasteiger partial charge in [-0.3, -0.25) is 4.79 Å². The van der Waals surface area contributed by atoms with E-state index in [2.05, 4.69) is 15.5 Å². The molecule has 0 aliphatic heterocycles. The Labute approximate surface area is 155 Å². The molecule has 3 aromatic rings. The van der Waals surface area contributed by atoms with Crippen molar-refractivity contribution in [3.63, 3.8) is 0 Å². The lowest BCUT2D eigenvalue weighted by atomic mass is 10.2. The van der Waals surface area contributed by atoms with Crippen molar-refractivity contribution in [3.8, 4) is 0 Å². The van der Waals surface area contributed by atoms with Crippen molar-refractivity contribution in [2.75, 3.05) is 5.32 Å². The monoisotopic (exact) mass is 369 g/mol. The summed E-state index contributed by atoms with van der Waals surface area (Å²) in [6, 6.07) is 20.9. The Bertz CT molecular complexity index is 910. The molecule has 0 aliphatic carbocycles. The van der Waals surface area contributed by atoms with Gasteiger partial charge in [-0.25, -0.2) is 0 Å². The summed E-state index contributed by atoms with van der Waals surface area (Å²) in [5, 5.41) is 12.3. The summed E-state index contributed by atoms with van der Waals surface area (Å²) in [7, 11) is 0.